The number of aliphatic hydroxyl groups is 1. The summed E-state index contributed by atoms with van der Waals surface area (Å²) in [7, 11) is 0. The van der Waals surface area contributed by atoms with Crippen molar-refractivity contribution in [2.45, 2.75) is 51.4 Å². The van der Waals surface area contributed by atoms with E-state index >= 15 is 0 Å². The fraction of sp³-hybridized carbons (Fsp3) is 0.435. The number of carbonyl (C=O) groups excluding carboxylic acids is 1. The summed E-state index contributed by atoms with van der Waals surface area (Å²) < 4.78 is 19.1. The number of halogens is 1. The highest BCUT2D eigenvalue weighted by Crippen LogP contribution is 2.27. The van der Waals surface area contributed by atoms with Crippen LogP contribution in [0.3, 0.4) is 0 Å². The molecule has 2 aromatic carbocycles. The van der Waals surface area contributed by atoms with Gasteiger partial charge in [0.2, 0.25) is 5.79 Å². The predicted octanol–water partition coefficient (Wildman–Crippen LogP) is 4.66. The van der Waals surface area contributed by atoms with Crippen LogP contribution >= 0.6 is 0 Å². The maximum atomic E-state index is 13.8. The minimum Gasteiger partial charge on any atom is -0.417 e. The molecule has 6 heteroatoms. The number of ether oxygens (including phenoxy) is 1. The van der Waals surface area contributed by atoms with Crippen LogP contribution in [0.15, 0.2) is 48.5 Å². The number of nitrogens with one attached hydrogen (secondary N) is 1. The summed E-state index contributed by atoms with van der Waals surface area (Å²) in [6.45, 7) is 7.86. The number of carbonyl (C=O) groups is 1. The Morgan fingerprint density at radius 2 is 1.76 bits per heavy atom. The van der Waals surface area contributed by atoms with Crippen molar-refractivity contribution in [3.63, 3.8) is 0 Å². The summed E-state index contributed by atoms with van der Waals surface area (Å²) in [5.74, 6) is -1.75. The fourth-order valence-corrected chi connectivity index (χ4v) is 3.40. The molecule has 1 fully saturated rings. The number of hydrogen-bond donors (Lipinski definition) is 2. The number of anilines is 1. The molecule has 0 aromatic heterocycles. The zero-order chi connectivity index (χ0) is 21.1. The van der Waals surface area contributed by atoms with Gasteiger partial charge in [0.05, 0.1) is 0 Å². The van der Waals surface area contributed by atoms with Gasteiger partial charge in [-0.25, -0.2) is 9.18 Å². The second-order valence-corrected chi connectivity index (χ2v) is 8.66. The van der Waals surface area contributed by atoms with Gasteiger partial charge in [-0.1, -0.05) is 51.1 Å². The lowest BCUT2D eigenvalue weighted by Crippen LogP contribution is -2.47. The summed E-state index contributed by atoms with van der Waals surface area (Å²) in [5.41, 5.74) is 2.43. The van der Waals surface area contributed by atoms with E-state index in [0.29, 0.717) is 30.9 Å². The summed E-state index contributed by atoms with van der Waals surface area (Å²) in [6, 6.07) is 14.2. The van der Waals surface area contributed by atoms with Crippen molar-refractivity contribution in [2.75, 3.05) is 18.4 Å². The van der Waals surface area contributed by atoms with Gasteiger partial charge in [-0.3, -0.25) is 10.2 Å². The lowest BCUT2D eigenvalue weighted by atomic mass is 9.87. The second kappa shape index (κ2) is 8.51. The van der Waals surface area contributed by atoms with Crippen LogP contribution in [0.2, 0.25) is 0 Å². The largest absolute Gasteiger partial charge is 0.417 e. The third kappa shape index (κ3) is 5.78. The molecule has 0 saturated carbocycles. The highest BCUT2D eigenvalue weighted by Gasteiger charge is 2.36. The molecule has 0 radical (unpaired) electrons. The maximum absolute atomic E-state index is 13.8. The Morgan fingerprint density at radius 1 is 1.14 bits per heavy atom. The van der Waals surface area contributed by atoms with Gasteiger partial charge in [0.15, 0.2) is 0 Å². The van der Waals surface area contributed by atoms with Crippen molar-refractivity contribution in [2.24, 2.45) is 0 Å². The molecule has 0 atom stereocenters. The highest BCUT2D eigenvalue weighted by atomic mass is 19.1. The summed E-state index contributed by atoms with van der Waals surface area (Å²) in [6.07, 6.45) is -0.131. The zero-order valence-corrected chi connectivity index (χ0v) is 17.2. The Balaban J connectivity index is 1.50. The fourth-order valence-electron chi connectivity index (χ4n) is 3.40. The molecule has 0 unspecified atom stereocenters. The van der Waals surface area contributed by atoms with Gasteiger partial charge in [-0.15, -0.1) is 0 Å². The number of hydrogen-bond acceptors (Lipinski definition) is 4. The van der Waals surface area contributed by atoms with Crippen LogP contribution in [-0.4, -0.2) is 35.0 Å². The molecule has 29 heavy (non-hydrogen) atoms. The van der Waals surface area contributed by atoms with Gasteiger partial charge in [0.1, 0.15) is 5.82 Å². The monoisotopic (exact) mass is 400 g/mol. The van der Waals surface area contributed by atoms with Gasteiger partial charge >= 0.3 is 6.09 Å². The molecule has 1 heterocycles. The van der Waals surface area contributed by atoms with E-state index in [4.69, 9.17) is 4.74 Å². The van der Waals surface area contributed by atoms with Crippen molar-refractivity contribution in [1.82, 2.24) is 4.90 Å². The van der Waals surface area contributed by atoms with Gasteiger partial charge in [0, 0.05) is 43.7 Å². The molecular formula is C23H29FN2O3. The lowest BCUT2D eigenvalue weighted by Gasteiger charge is -2.37. The maximum Gasteiger partial charge on any atom is 0.414 e. The quantitative estimate of drug-likeness (QED) is 0.733. The van der Waals surface area contributed by atoms with E-state index in [2.05, 4.69) is 26.1 Å². The number of benzene rings is 2. The average Bonchev–Trinajstić information content (AvgIpc) is 2.65. The number of rotatable bonds is 4. The normalized spacial score (nSPS) is 17.0. The van der Waals surface area contributed by atoms with Gasteiger partial charge < -0.3 is 9.84 Å². The van der Waals surface area contributed by atoms with Crippen LogP contribution in [0, 0.1) is 5.82 Å². The van der Waals surface area contributed by atoms with Crippen LogP contribution in [0.1, 0.15) is 44.7 Å². The number of nitrogens with zero attached hydrogens (tertiary/aromatic N) is 1. The standard InChI is InChI=1S/C23H29FN2O3/c1-22(2,3)18-8-10-19(11-9-18)25-21(27)29-23(28)12-14-26(15-13-23)16-17-6-4-5-7-20(17)24/h4-11,28H,12-16H2,1-3H3,(H,25,27). The number of piperidine rings is 1. The van der Waals surface area contributed by atoms with Crippen LogP contribution in [0.5, 0.6) is 0 Å². The third-order valence-corrected chi connectivity index (χ3v) is 5.27. The third-order valence-electron chi connectivity index (χ3n) is 5.27. The van der Waals surface area contributed by atoms with Gasteiger partial charge in [-0.2, -0.15) is 0 Å². The Morgan fingerprint density at radius 3 is 2.34 bits per heavy atom. The van der Waals surface area contributed by atoms with Crippen molar-refractivity contribution >= 4 is 11.8 Å². The predicted molar refractivity (Wildman–Crippen MR) is 111 cm³/mol. The molecule has 1 aliphatic heterocycles. The first-order chi connectivity index (χ1) is 13.6. The van der Waals surface area contributed by atoms with Crippen molar-refractivity contribution < 1.29 is 19.0 Å². The molecule has 0 bridgehead atoms. The topological polar surface area (TPSA) is 61.8 Å². The van der Waals surface area contributed by atoms with Crippen LogP contribution in [-0.2, 0) is 16.7 Å². The minimum absolute atomic E-state index is 0.0326. The Bertz CT molecular complexity index is 838. The van der Waals surface area contributed by atoms with Gasteiger partial charge in [0.25, 0.3) is 0 Å². The molecule has 2 N–H and O–H groups in total. The summed E-state index contributed by atoms with van der Waals surface area (Å²) >= 11 is 0. The van der Waals surface area contributed by atoms with E-state index < -0.39 is 11.9 Å². The van der Waals surface area contributed by atoms with Crippen LogP contribution in [0.25, 0.3) is 0 Å². The molecular weight excluding hydrogens is 371 g/mol. The molecule has 3 rings (SSSR count). The Hall–Kier alpha value is -2.44. The van der Waals surface area contributed by atoms with Crippen molar-refractivity contribution in [3.05, 3.63) is 65.5 Å². The van der Waals surface area contributed by atoms with E-state index in [9.17, 15) is 14.3 Å². The first-order valence-corrected chi connectivity index (χ1v) is 9.93. The Kier molecular flexibility index (Phi) is 6.24. The first kappa shape index (κ1) is 21.3. The summed E-state index contributed by atoms with van der Waals surface area (Å²) in [4.78, 5) is 14.3. The molecule has 156 valence electrons. The van der Waals surface area contributed by atoms with Gasteiger partial charge in [-0.05, 0) is 29.2 Å². The van der Waals surface area contributed by atoms with E-state index in [1.165, 1.54) is 6.07 Å². The second-order valence-electron chi connectivity index (χ2n) is 8.66. The van der Waals surface area contributed by atoms with E-state index in [1.54, 1.807) is 18.2 Å². The molecule has 0 spiro atoms. The summed E-state index contributed by atoms with van der Waals surface area (Å²) in [5, 5.41) is 13.3. The molecule has 2 aromatic rings. The highest BCUT2D eigenvalue weighted by molar-refractivity contribution is 5.84. The molecule has 1 saturated heterocycles. The molecule has 0 aliphatic carbocycles. The zero-order valence-electron chi connectivity index (χ0n) is 17.2. The van der Waals surface area contributed by atoms with Crippen molar-refractivity contribution in [3.8, 4) is 0 Å². The molecule has 1 aliphatic rings. The molecule has 1 amide bonds. The lowest BCUT2D eigenvalue weighted by molar-refractivity contribution is -0.186. The number of amides is 1. The van der Waals surface area contributed by atoms with E-state index in [-0.39, 0.29) is 24.1 Å². The SMILES string of the molecule is CC(C)(C)c1ccc(NC(=O)OC2(O)CCN(Cc3ccccc3F)CC2)cc1. The van der Waals surface area contributed by atoms with Crippen molar-refractivity contribution in [1.29, 1.82) is 0 Å². The average molecular weight is 400 g/mol. The Labute approximate surface area is 171 Å². The smallest absolute Gasteiger partial charge is 0.414 e. The van der Waals surface area contributed by atoms with Crippen LogP contribution in [0.4, 0.5) is 14.9 Å². The first-order valence-electron chi connectivity index (χ1n) is 9.93. The molecule has 5 nitrogen and oxygen atoms in total. The number of likely N-dealkylation sites (tertiary alicyclic amines) is 1. The minimum atomic E-state index is -1.51. The van der Waals surface area contributed by atoms with Crippen LogP contribution < -0.4 is 5.32 Å². The van der Waals surface area contributed by atoms with E-state index in [0.717, 1.165) is 5.56 Å². The van der Waals surface area contributed by atoms with E-state index in [1.807, 2.05) is 29.2 Å².